The molecule has 0 saturated carbocycles. The Kier molecular flexibility index (Phi) is 6.64. The van der Waals surface area contributed by atoms with Crippen LogP contribution in [0.25, 0.3) is 0 Å². The van der Waals surface area contributed by atoms with Crippen LogP contribution in [0.2, 0.25) is 0 Å². The van der Waals surface area contributed by atoms with E-state index in [9.17, 15) is 9.59 Å². The summed E-state index contributed by atoms with van der Waals surface area (Å²) in [5, 5.41) is 4.68. The highest BCUT2D eigenvalue weighted by molar-refractivity contribution is 7.11. The summed E-state index contributed by atoms with van der Waals surface area (Å²) >= 11 is 1.12. The lowest BCUT2D eigenvalue weighted by molar-refractivity contribution is 0.0526. The molecule has 0 spiro atoms. The van der Waals surface area contributed by atoms with Gasteiger partial charge in [-0.25, -0.2) is 9.78 Å². The minimum Gasteiger partial charge on any atom is -0.461 e. The molecule has 1 heterocycles. The molecule has 5 nitrogen and oxygen atoms in total. The third kappa shape index (κ3) is 5.28. The lowest BCUT2D eigenvalue weighted by atomic mass is 10.0. The summed E-state index contributed by atoms with van der Waals surface area (Å²) in [6.45, 7) is 8.31. The lowest BCUT2D eigenvalue weighted by Gasteiger charge is -2.14. The van der Waals surface area contributed by atoms with E-state index in [1.807, 2.05) is 6.92 Å². The van der Waals surface area contributed by atoms with E-state index < -0.39 is 5.97 Å². The average molecular weight is 298 g/mol. The molecular formula is C14H22N2O3S. The van der Waals surface area contributed by atoms with Gasteiger partial charge in [0.05, 0.1) is 6.61 Å². The Morgan fingerprint density at radius 3 is 2.65 bits per heavy atom. The van der Waals surface area contributed by atoms with Crippen LogP contribution in [0, 0.1) is 5.92 Å². The van der Waals surface area contributed by atoms with Crippen molar-refractivity contribution in [3.63, 3.8) is 0 Å². The Balaban J connectivity index is 2.53. The summed E-state index contributed by atoms with van der Waals surface area (Å²) in [6.07, 6.45) is 1.99. The Hall–Kier alpha value is -1.43. The SMILES string of the molecule is CCOC(=O)c1nc(C(=O)NC(C)CCC(C)C)cs1. The van der Waals surface area contributed by atoms with Crippen LogP contribution >= 0.6 is 11.3 Å². The number of ether oxygens (including phenoxy) is 1. The maximum absolute atomic E-state index is 12.0. The van der Waals surface area contributed by atoms with Gasteiger partial charge in [0.25, 0.3) is 5.91 Å². The van der Waals surface area contributed by atoms with Gasteiger partial charge >= 0.3 is 5.97 Å². The molecule has 6 heteroatoms. The highest BCUT2D eigenvalue weighted by Crippen LogP contribution is 2.12. The first-order chi connectivity index (χ1) is 9.43. The van der Waals surface area contributed by atoms with Crippen molar-refractivity contribution in [3.05, 3.63) is 16.1 Å². The summed E-state index contributed by atoms with van der Waals surface area (Å²) < 4.78 is 4.84. The molecule has 1 rings (SSSR count). The number of thiazole rings is 1. The van der Waals surface area contributed by atoms with E-state index in [2.05, 4.69) is 24.1 Å². The number of carbonyl (C=O) groups excluding carboxylic acids is 2. The number of hydrogen-bond acceptors (Lipinski definition) is 5. The summed E-state index contributed by atoms with van der Waals surface area (Å²) in [4.78, 5) is 27.5. The fraction of sp³-hybridized carbons (Fsp3) is 0.643. The van der Waals surface area contributed by atoms with E-state index in [0.29, 0.717) is 12.5 Å². The van der Waals surface area contributed by atoms with Crippen LogP contribution in [0.5, 0.6) is 0 Å². The maximum atomic E-state index is 12.0. The Bertz CT molecular complexity index is 457. The lowest BCUT2D eigenvalue weighted by Crippen LogP contribution is -2.33. The molecule has 0 aliphatic carbocycles. The summed E-state index contributed by atoms with van der Waals surface area (Å²) in [7, 11) is 0. The van der Waals surface area contributed by atoms with Crippen LogP contribution in [-0.2, 0) is 4.74 Å². The predicted octanol–water partition coefficient (Wildman–Crippen LogP) is 2.87. The molecule has 112 valence electrons. The molecule has 0 bridgehead atoms. The van der Waals surface area contributed by atoms with Crippen molar-refractivity contribution < 1.29 is 14.3 Å². The third-order valence-electron chi connectivity index (χ3n) is 2.74. The predicted molar refractivity (Wildman–Crippen MR) is 79.1 cm³/mol. The van der Waals surface area contributed by atoms with Gasteiger partial charge in [0.1, 0.15) is 5.69 Å². The van der Waals surface area contributed by atoms with Crippen molar-refractivity contribution >= 4 is 23.2 Å². The van der Waals surface area contributed by atoms with Crippen LogP contribution in [0.3, 0.4) is 0 Å². The molecule has 20 heavy (non-hydrogen) atoms. The van der Waals surface area contributed by atoms with Crippen molar-refractivity contribution in [2.24, 2.45) is 5.92 Å². The largest absolute Gasteiger partial charge is 0.461 e. The van der Waals surface area contributed by atoms with Gasteiger partial charge < -0.3 is 10.1 Å². The zero-order chi connectivity index (χ0) is 15.1. The molecule has 0 aliphatic heterocycles. The van der Waals surface area contributed by atoms with Gasteiger partial charge in [0.2, 0.25) is 5.01 Å². The number of hydrogen-bond donors (Lipinski definition) is 1. The van der Waals surface area contributed by atoms with Crippen molar-refractivity contribution in [2.75, 3.05) is 6.61 Å². The Morgan fingerprint density at radius 2 is 2.05 bits per heavy atom. The molecule has 0 aliphatic rings. The molecule has 0 fully saturated rings. The molecule has 1 atom stereocenters. The Morgan fingerprint density at radius 1 is 1.35 bits per heavy atom. The van der Waals surface area contributed by atoms with Crippen molar-refractivity contribution in [3.8, 4) is 0 Å². The molecule has 1 unspecified atom stereocenters. The monoisotopic (exact) mass is 298 g/mol. The number of esters is 1. The summed E-state index contributed by atoms with van der Waals surface area (Å²) in [5.74, 6) is -0.110. The second kappa shape index (κ2) is 7.99. The molecule has 0 radical (unpaired) electrons. The molecule has 1 aromatic heterocycles. The summed E-state index contributed by atoms with van der Waals surface area (Å²) in [5.41, 5.74) is 0.273. The average Bonchev–Trinajstić information content (AvgIpc) is 2.86. The second-order valence-corrected chi connectivity index (χ2v) is 5.96. The van der Waals surface area contributed by atoms with Crippen LogP contribution in [0.15, 0.2) is 5.38 Å². The number of aromatic nitrogens is 1. The van der Waals surface area contributed by atoms with E-state index >= 15 is 0 Å². The smallest absolute Gasteiger partial charge is 0.367 e. The van der Waals surface area contributed by atoms with Crippen LogP contribution in [-0.4, -0.2) is 29.5 Å². The van der Waals surface area contributed by atoms with E-state index in [0.717, 1.165) is 24.2 Å². The normalized spacial score (nSPS) is 12.2. The Labute approximate surface area is 123 Å². The van der Waals surface area contributed by atoms with Crippen LogP contribution in [0.1, 0.15) is 60.8 Å². The topological polar surface area (TPSA) is 68.3 Å². The number of nitrogens with one attached hydrogen (secondary N) is 1. The second-order valence-electron chi connectivity index (χ2n) is 5.10. The van der Waals surface area contributed by atoms with Gasteiger partial charge in [-0.3, -0.25) is 4.79 Å². The quantitative estimate of drug-likeness (QED) is 0.786. The van der Waals surface area contributed by atoms with Gasteiger partial charge in [0.15, 0.2) is 0 Å². The highest BCUT2D eigenvalue weighted by Gasteiger charge is 2.17. The molecule has 0 saturated heterocycles. The highest BCUT2D eigenvalue weighted by atomic mass is 32.1. The molecule has 1 aromatic rings. The minimum atomic E-state index is -0.482. The standard InChI is InChI=1S/C14H22N2O3S/c1-5-19-14(18)13-16-11(8-20-13)12(17)15-10(4)7-6-9(2)3/h8-10H,5-7H2,1-4H3,(H,15,17). The first-order valence-corrected chi connectivity index (χ1v) is 7.75. The molecular weight excluding hydrogens is 276 g/mol. The third-order valence-corrected chi connectivity index (χ3v) is 3.56. The van der Waals surface area contributed by atoms with E-state index in [1.54, 1.807) is 12.3 Å². The van der Waals surface area contributed by atoms with Crippen molar-refractivity contribution in [2.45, 2.75) is 46.6 Å². The molecule has 1 amide bonds. The van der Waals surface area contributed by atoms with Gasteiger partial charge in [0, 0.05) is 11.4 Å². The van der Waals surface area contributed by atoms with E-state index in [1.165, 1.54) is 0 Å². The molecule has 1 N–H and O–H groups in total. The van der Waals surface area contributed by atoms with Gasteiger partial charge in [-0.15, -0.1) is 11.3 Å². The van der Waals surface area contributed by atoms with Gasteiger partial charge in [-0.05, 0) is 32.6 Å². The van der Waals surface area contributed by atoms with E-state index in [-0.39, 0.29) is 22.7 Å². The number of carbonyl (C=O) groups is 2. The van der Waals surface area contributed by atoms with E-state index in [4.69, 9.17) is 4.74 Å². The van der Waals surface area contributed by atoms with Crippen LogP contribution < -0.4 is 5.32 Å². The van der Waals surface area contributed by atoms with Gasteiger partial charge in [-0.1, -0.05) is 13.8 Å². The fourth-order valence-electron chi connectivity index (χ4n) is 1.62. The van der Waals surface area contributed by atoms with Gasteiger partial charge in [-0.2, -0.15) is 0 Å². The number of rotatable bonds is 7. The summed E-state index contributed by atoms with van der Waals surface area (Å²) in [6, 6.07) is 0.0950. The zero-order valence-electron chi connectivity index (χ0n) is 12.4. The maximum Gasteiger partial charge on any atom is 0.367 e. The number of nitrogens with zero attached hydrogens (tertiary/aromatic N) is 1. The first kappa shape index (κ1) is 16.6. The molecule has 0 aromatic carbocycles. The van der Waals surface area contributed by atoms with Crippen molar-refractivity contribution in [1.29, 1.82) is 0 Å². The van der Waals surface area contributed by atoms with Crippen LogP contribution in [0.4, 0.5) is 0 Å². The van der Waals surface area contributed by atoms with Crippen molar-refractivity contribution in [1.82, 2.24) is 10.3 Å². The number of amides is 1. The zero-order valence-corrected chi connectivity index (χ0v) is 13.3. The first-order valence-electron chi connectivity index (χ1n) is 6.87. The minimum absolute atomic E-state index is 0.0950. The fourth-order valence-corrected chi connectivity index (χ4v) is 2.31.